The van der Waals surface area contributed by atoms with Gasteiger partial charge in [-0.3, -0.25) is 29.3 Å². The van der Waals surface area contributed by atoms with Gasteiger partial charge in [0.1, 0.15) is 17.6 Å². The summed E-state index contributed by atoms with van der Waals surface area (Å²) in [6.45, 7) is 2.70. The molecule has 2 heterocycles. The Morgan fingerprint density at radius 3 is 2.34 bits per heavy atom. The average molecular weight is 661 g/mol. The van der Waals surface area contributed by atoms with E-state index >= 15 is 0 Å². The fourth-order valence-electron chi connectivity index (χ4n) is 5.43. The van der Waals surface area contributed by atoms with E-state index in [4.69, 9.17) is 15.2 Å². The maximum Gasteiger partial charge on any atom is 0.322 e. The molecule has 3 rings (SSSR count). The minimum absolute atomic E-state index is 0.198. The normalized spacial score (nSPS) is 16.6. The van der Waals surface area contributed by atoms with Crippen molar-refractivity contribution >= 4 is 35.6 Å². The Labute approximate surface area is 274 Å². The number of imide groups is 1. The van der Waals surface area contributed by atoms with E-state index in [2.05, 4.69) is 31.9 Å². The smallest absolute Gasteiger partial charge is 0.322 e. The molecule has 1 aromatic carbocycles. The Kier molecular flexibility index (Phi) is 15.5. The molecular formula is C31H48N8O8. The Hall–Kier alpha value is -4.12. The molecule has 16 heteroatoms. The van der Waals surface area contributed by atoms with E-state index in [0.29, 0.717) is 45.8 Å². The molecule has 0 radical (unpaired) electrons. The lowest BCUT2D eigenvalue weighted by Crippen LogP contribution is -2.59. The number of nitrogens with zero attached hydrogens (tertiary/aromatic N) is 1. The number of piperidine rings is 1. The summed E-state index contributed by atoms with van der Waals surface area (Å²) >= 11 is 0. The van der Waals surface area contributed by atoms with Crippen molar-refractivity contribution in [1.29, 1.82) is 0 Å². The molecule has 2 aliphatic heterocycles. The first-order valence-corrected chi connectivity index (χ1v) is 16.0. The minimum Gasteiger partial charge on any atom is -0.382 e. The molecule has 2 saturated heterocycles. The van der Waals surface area contributed by atoms with E-state index in [0.717, 1.165) is 12.0 Å². The number of nitrogens with two attached hydrogens (primary N) is 1. The number of unbranched alkanes of at least 4 members (excludes halogenated alkanes) is 1. The Morgan fingerprint density at radius 2 is 1.68 bits per heavy atom. The Morgan fingerprint density at radius 1 is 0.957 bits per heavy atom. The number of nitrogens with one attached hydrogen (secondary N) is 6. The van der Waals surface area contributed by atoms with Crippen molar-refractivity contribution in [3.8, 4) is 0 Å². The van der Waals surface area contributed by atoms with Crippen LogP contribution >= 0.6 is 0 Å². The summed E-state index contributed by atoms with van der Waals surface area (Å²) in [6.07, 6.45) is 2.42. The van der Waals surface area contributed by atoms with E-state index in [1.807, 2.05) is 30.3 Å². The highest BCUT2D eigenvalue weighted by molar-refractivity contribution is 6.07. The van der Waals surface area contributed by atoms with Crippen LogP contribution in [-0.4, -0.2) is 124 Å². The lowest BCUT2D eigenvalue weighted by Gasteiger charge is -2.38. The molecule has 260 valence electrons. The highest BCUT2D eigenvalue weighted by atomic mass is 16.5. The van der Waals surface area contributed by atoms with Gasteiger partial charge in [-0.25, -0.2) is 4.79 Å². The van der Waals surface area contributed by atoms with Gasteiger partial charge in [0.05, 0.1) is 32.9 Å². The molecule has 0 bridgehead atoms. The Bertz CT molecular complexity index is 1210. The molecule has 16 nitrogen and oxygen atoms in total. The SMILES string of the molecule is COCCOCCNCCCC[C@@H](NC(=O)CNC(=O)[C@@H](Cc1ccccc1)NC(=O)CN)C(=O)N1CCC2(CC1)NC(=O)NC2=O. The van der Waals surface area contributed by atoms with E-state index in [9.17, 15) is 28.8 Å². The number of benzene rings is 1. The topological polar surface area (TPSA) is 222 Å². The first-order valence-electron chi connectivity index (χ1n) is 16.0. The molecule has 47 heavy (non-hydrogen) atoms. The van der Waals surface area contributed by atoms with Gasteiger partial charge in [-0.15, -0.1) is 0 Å². The van der Waals surface area contributed by atoms with Crippen LogP contribution in [0.3, 0.4) is 0 Å². The molecule has 0 aliphatic carbocycles. The number of carbonyl (C=O) groups excluding carboxylic acids is 6. The quantitative estimate of drug-likeness (QED) is 0.0596. The second-order valence-corrected chi connectivity index (χ2v) is 11.5. The molecule has 2 atom stereocenters. The zero-order chi connectivity index (χ0) is 34.1. The summed E-state index contributed by atoms with van der Waals surface area (Å²) in [5.41, 5.74) is 5.20. The molecule has 7 amide bonds. The molecule has 2 aliphatic rings. The van der Waals surface area contributed by atoms with Crippen molar-refractivity contribution in [2.24, 2.45) is 5.73 Å². The molecule has 1 spiro atoms. The lowest BCUT2D eigenvalue weighted by atomic mass is 9.87. The standard InChI is InChI=1S/C31H48N8O8/c1-46-17-18-47-16-13-33-12-6-5-9-23(28(43)39-14-10-31(11-15-39)29(44)37-30(45)38-31)35-26(41)21-34-27(42)24(36-25(40)20-32)19-22-7-3-2-4-8-22/h2-4,7-8,23-24,33H,5-6,9-21,32H2,1H3,(H,34,42)(H,35,41)(H,36,40)(H2,37,38,44,45)/t23-,24-/m1/s1. The number of hydrogen-bond donors (Lipinski definition) is 7. The fraction of sp³-hybridized carbons (Fsp3) is 0.613. The van der Waals surface area contributed by atoms with Gasteiger partial charge in [-0.2, -0.15) is 0 Å². The van der Waals surface area contributed by atoms with Crippen LogP contribution < -0.4 is 37.6 Å². The van der Waals surface area contributed by atoms with Crippen LogP contribution in [0.5, 0.6) is 0 Å². The van der Waals surface area contributed by atoms with Crippen LogP contribution in [0, 0.1) is 0 Å². The van der Waals surface area contributed by atoms with Crippen LogP contribution in [-0.2, 0) is 39.9 Å². The van der Waals surface area contributed by atoms with E-state index < -0.39 is 53.8 Å². The van der Waals surface area contributed by atoms with Crippen LogP contribution in [0.15, 0.2) is 30.3 Å². The minimum atomic E-state index is -1.04. The predicted octanol–water partition coefficient (Wildman–Crippen LogP) is -2.10. The number of methoxy groups -OCH3 is 1. The molecule has 8 N–H and O–H groups in total. The van der Waals surface area contributed by atoms with Crippen molar-refractivity contribution in [1.82, 2.24) is 36.8 Å². The molecule has 0 unspecified atom stereocenters. The summed E-state index contributed by atoms with van der Waals surface area (Å²) in [4.78, 5) is 77.3. The van der Waals surface area contributed by atoms with Gasteiger partial charge in [0.25, 0.3) is 5.91 Å². The fourth-order valence-corrected chi connectivity index (χ4v) is 5.43. The zero-order valence-electron chi connectivity index (χ0n) is 26.9. The van der Waals surface area contributed by atoms with Crippen LogP contribution in [0.1, 0.15) is 37.7 Å². The van der Waals surface area contributed by atoms with Crippen molar-refractivity contribution < 1.29 is 38.2 Å². The first kappa shape index (κ1) is 37.3. The molecular weight excluding hydrogens is 612 g/mol. The zero-order valence-corrected chi connectivity index (χ0v) is 26.9. The van der Waals surface area contributed by atoms with Crippen molar-refractivity contribution in [3.63, 3.8) is 0 Å². The van der Waals surface area contributed by atoms with Gasteiger partial charge in [-0.1, -0.05) is 30.3 Å². The van der Waals surface area contributed by atoms with E-state index in [1.54, 1.807) is 12.0 Å². The monoisotopic (exact) mass is 660 g/mol. The second-order valence-electron chi connectivity index (χ2n) is 11.5. The molecule has 2 fully saturated rings. The summed E-state index contributed by atoms with van der Waals surface area (Å²) in [5.74, 6) is -2.35. The average Bonchev–Trinajstić information content (AvgIpc) is 3.34. The van der Waals surface area contributed by atoms with Crippen molar-refractivity contribution in [2.45, 2.75) is 56.1 Å². The largest absolute Gasteiger partial charge is 0.382 e. The van der Waals surface area contributed by atoms with Gasteiger partial charge in [-0.05, 0) is 44.2 Å². The number of hydrogen-bond acceptors (Lipinski definition) is 10. The van der Waals surface area contributed by atoms with Crippen LogP contribution in [0.25, 0.3) is 0 Å². The third-order valence-corrected chi connectivity index (χ3v) is 8.07. The third-order valence-electron chi connectivity index (χ3n) is 8.07. The number of ether oxygens (including phenoxy) is 2. The van der Waals surface area contributed by atoms with Gasteiger partial charge < -0.3 is 46.7 Å². The van der Waals surface area contributed by atoms with Gasteiger partial charge in [0, 0.05) is 33.2 Å². The van der Waals surface area contributed by atoms with Crippen molar-refractivity contribution in [2.75, 3.05) is 66.2 Å². The van der Waals surface area contributed by atoms with Crippen LogP contribution in [0.4, 0.5) is 4.79 Å². The number of urea groups is 1. The predicted molar refractivity (Wildman–Crippen MR) is 171 cm³/mol. The van der Waals surface area contributed by atoms with E-state index in [1.165, 1.54) is 0 Å². The lowest BCUT2D eigenvalue weighted by molar-refractivity contribution is -0.139. The Balaban J connectivity index is 1.55. The van der Waals surface area contributed by atoms with Crippen LogP contribution in [0.2, 0.25) is 0 Å². The number of carbonyl (C=O) groups is 6. The second kappa shape index (κ2) is 19.5. The van der Waals surface area contributed by atoms with Gasteiger partial charge >= 0.3 is 6.03 Å². The highest BCUT2D eigenvalue weighted by Crippen LogP contribution is 2.26. The maximum atomic E-state index is 13.6. The first-order chi connectivity index (χ1) is 22.7. The van der Waals surface area contributed by atoms with Gasteiger partial charge in [0.2, 0.25) is 23.6 Å². The summed E-state index contributed by atoms with van der Waals surface area (Å²) in [5, 5.41) is 16.1. The molecule has 0 saturated carbocycles. The maximum absolute atomic E-state index is 13.6. The number of likely N-dealkylation sites (tertiary alicyclic amines) is 1. The highest BCUT2D eigenvalue weighted by Gasteiger charge is 2.48. The summed E-state index contributed by atoms with van der Waals surface area (Å²) < 4.78 is 10.4. The molecule has 1 aromatic rings. The van der Waals surface area contributed by atoms with Crippen molar-refractivity contribution in [3.05, 3.63) is 35.9 Å². The summed E-state index contributed by atoms with van der Waals surface area (Å²) in [6, 6.07) is 6.73. The third kappa shape index (κ3) is 12.2. The van der Waals surface area contributed by atoms with Gasteiger partial charge in [0.15, 0.2) is 0 Å². The number of rotatable bonds is 20. The summed E-state index contributed by atoms with van der Waals surface area (Å²) in [7, 11) is 1.61. The molecule has 0 aromatic heterocycles. The van der Waals surface area contributed by atoms with E-state index in [-0.39, 0.29) is 44.8 Å². The number of amides is 7.